The van der Waals surface area contributed by atoms with E-state index < -0.39 is 5.91 Å². The Hall–Kier alpha value is -1.51. The van der Waals surface area contributed by atoms with Crippen LogP contribution in [0.5, 0.6) is 0 Å². The molecule has 1 aromatic rings. The summed E-state index contributed by atoms with van der Waals surface area (Å²) in [6.07, 6.45) is 0. The minimum absolute atomic E-state index is 0.0173. The summed E-state index contributed by atoms with van der Waals surface area (Å²) in [5.41, 5.74) is 2.78. The number of nitrogen functional groups attached to an aromatic ring is 1. The van der Waals surface area contributed by atoms with Crippen molar-refractivity contribution in [3.05, 3.63) is 16.1 Å². The first kappa shape index (κ1) is 16.5. The Labute approximate surface area is 122 Å². The number of carbonyl (C=O) groups excluding carboxylic acids is 2. The summed E-state index contributed by atoms with van der Waals surface area (Å²) in [6, 6.07) is 0. The van der Waals surface area contributed by atoms with Crippen molar-refractivity contribution in [1.82, 2.24) is 20.6 Å². The van der Waals surface area contributed by atoms with E-state index in [9.17, 15) is 9.59 Å². The second-order valence-corrected chi connectivity index (χ2v) is 5.85. The molecule has 4 N–H and O–H groups in total. The summed E-state index contributed by atoms with van der Waals surface area (Å²) in [5.74, 6) is 5.05. The van der Waals surface area contributed by atoms with Gasteiger partial charge in [-0.1, -0.05) is 13.8 Å². The number of amides is 2. The SMILES string of the molecule is CC(C)CNC(=O)CN(C)Cc1csc(C(=O)NN)n1. The standard InChI is InChI=1S/C12H21N5O2S/c1-8(2)4-14-10(18)6-17(3)5-9-7-20-12(15-9)11(19)16-13/h7-8H,4-6,13H2,1-3H3,(H,14,18)(H,16,19). The van der Waals surface area contributed by atoms with E-state index in [0.717, 1.165) is 5.69 Å². The third-order valence-electron chi connectivity index (χ3n) is 2.43. The number of carbonyl (C=O) groups is 2. The van der Waals surface area contributed by atoms with Crippen molar-refractivity contribution in [1.29, 1.82) is 0 Å². The largest absolute Gasteiger partial charge is 0.355 e. The molecule has 2 amide bonds. The van der Waals surface area contributed by atoms with Crippen LogP contribution in [0.2, 0.25) is 0 Å². The summed E-state index contributed by atoms with van der Waals surface area (Å²) in [6.45, 7) is 5.56. The molecule has 0 aromatic carbocycles. The summed E-state index contributed by atoms with van der Waals surface area (Å²) in [4.78, 5) is 28.9. The number of likely N-dealkylation sites (N-methyl/N-ethyl adjacent to an activating group) is 1. The number of aromatic nitrogens is 1. The van der Waals surface area contributed by atoms with Crippen LogP contribution < -0.4 is 16.6 Å². The number of nitrogens with two attached hydrogens (primary N) is 1. The zero-order valence-electron chi connectivity index (χ0n) is 12.0. The predicted octanol–water partition coefficient (Wildman–Crippen LogP) is -0.0494. The molecule has 0 saturated heterocycles. The number of hydrogen-bond donors (Lipinski definition) is 3. The van der Waals surface area contributed by atoms with Crippen LogP contribution in [0.1, 0.15) is 29.3 Å². The van der Waals surface area contributed by atoms with Crippen LogP contribution in [0.25, 0.3) is 0 Å². The summed E-state index contributed by atoms with van der Waals surface area (Å²) in [7, 11) is 1.83. The number of hydrogen-bond acceptors (Lipinski definition) is 6. The number of thiazole rings is 1. The molecule has 0 unspecified atom stereocenters. The molecule has 0 bridgehead atoms. The molecule has 0 fully saturated rings. The second-order valence-electron chi connectivity index (χ2n) is 4.99. The third-order valence-corrected chi connectivity index (χ3v) is 3.32. The molecular weight excluding hydrogens is 278 g/mol. The molecule has 7 nitrogen and oxygen atoms in total. The second kappa shape index (κ2) is 7.93. The predicted molar refractivity (Wildman–Crippen MR) is 77.9 cm³/mol. The molecule has 0 spiro atoms. The van der Waals surface area contributed by atoms with Gasteiger partial charge in [0.25, 0.3) is 5.91 Å². The van der Waals surface area contributed by atoms with E-state index in [-0.39, 0.29) is 5.91 Å². The number of hydrazine groups is 1. The average Bonchev–Trinajstić information content (AvgIpc) is 2.83. The Bertz CT molecular complexity index is 460. The molecule has 8 heteroatoms. The van der Waals surface area contributed by atoms with Crippen LogP contribution in [0, 0.1) is 5.92 Å². The molecule has 0 aliphatic rings. The van der Waals surface area contributed by atoms with Crippen molar-refractivity contribution in [2.45, 2.75) is 20.4 Å². The average molecular weight is 299 g/mol. The quantitative estimate of drug-likeness (QED) is 0.372. The van der Waals surface area contributed by atoms with Crippen molar-refractivity contribution in [2.75, 3.05) is 20.1 Å². The van der Waals surface area contributed by atoms with Crippen molar-refractivity contribution in [3.8, 4) is 0 Å². The minimum atomic E-state index is -0.404. The molecule has 1 heterocycles. The Kier molecular flexibility index (Phi) is 6.56. The molecule has 0 aliphatic carbocycles. The van der Waals surface area contributed by atoms with Gasteiger partial charge in [0.15, 0.2) is 5.01 Å². The molecule has 112 valence electrons. The smallest absolute Gasteiger partial charge is 0.294 e. The number of rotatable bonds is 7. The van der Waals surface area contributed by atoms with Gasteiger partial charge in [0.1, 0.15) is 0 Å². The summed E-state index contributed by atoms with van der Waals surface area (Å²) >= 11 is 1.23. The fraction of sp³-hybridized carbons (Fsp3) is 0.583. The Morgan fingerprint density at radius 2 is 2.20 bits per heavy atom. The highest BCUT2D eigenvalue weighted by Crippen LogP contribution is 2.10. The van der Waals surface area contributed by atoms with Gasteiger partial charge in [0, 0.05) is 18.5 Å². The fourth-order valence-corrected chi connectivity index (χ4v) is 2.21. The first-order valence-electron chi connectivity index (χ1n) is 6.33. The molecule has 20 heavy (non-hydrogen) atoms. The molecule has 0 aliphatic heterocycles. The lowest BCUT2D eigenvalue weighted by molar-refractivity contribution is -0.122. The zero-order chi connectivity index (χ0) is 15.1. The van der Waals surface area contributed by atoms with E-state index in [1.54, 1.807) is 5.38 Å². The van der Waals surface area contributed by atoms with E-state index in [4.69, 9.17) is 5.84 Å². The lowest BCUT2D eigenvalue weighted by Gasteiger charge is -2.15. The van der Waals surface area contributed by atoms with E-state index in [0.29, 0.717) is 30.6 Å². The first-order chi connectivity index (χ1) is 9.42. The minimum Gasteiger partial charge on any atom is -0.355 e. The van der Waals surface area contributed by atoms with Gasteiger partial charge < -0.3 is 5.32 Å². The molecule has 0 saturated carbocycles. The lowest BCUT2D eigenvalue weighted by Crippen LogP contribution is -2.36. The van der Waals surface area contributed by atoms with Gasteiger partial charge in [0.05, 0.1) is 12.2 Å². The van der Waals surface area contributed by atoms with Crippen molar-refractivity contribution in [3.63, 3.8) is 0 Å². The number of nitrogens with zero attached hydrogens (tertiary/aromatic N) is 2. The van der Waals surface area contributed by atoms with Gasteiger partial charge >= 0.3 is 0 Å². The van der Waals surface area contributed by atoms with Gasteiger partial charge in [0.2, 0.25) is 5.91 Å². The molecule has 1 rings (SSSR count). The van der Waals surface area contributed by atoms with Gasteiger partial charge in [-0.25, -0.2) is 10.8 Å². The summed E-state index contributed by atoms with van der Waals surface area (Å²) < 4.78 is 0. The van der Waals surface area contributed by atoms with Crippen LogP contribution in [0.3, 0.4) is 0 Å². The maximum Gasteiger partial charge on any atom is 0.294 e. The third kappa shape index (κ3) is 5.64. The molecule has 0 atom stereocenters. The van der Waals surface area contributed by atoms with E-state index >= 15 is 0 Å². The van der Waals surface area contributed by atoms with Crippen LogP contribution >= 0.6 is 11.3 Å². The highest BCUT2D eigenvalue weighted by Gasteiger charge is 2.12. The molecule has 0 radical (unpaired) electrons. The van der Waals surface area contributed by atoms with Crippen LogP contribution in [-0.2, 0) is 11.3 Å². The maximum absolute atomic E-state index is 11.7. The van der Waals surface area contributed by atoms with Crippen molar-refractivity contribution in [2.24, 2.45) is 11.8 Å². The van der Waals surface area contributed by atoms with E-state index in [2.05, 4.69) is 10.3 Å². The Balaban J connectivity index is 2.42. The van der Waals surface area contributed by atoms with Gasteiger partial charge in [-0.05, 0) is 13.0 Å². The fourth-order valence-electron chi connectivity index (χ4n) is 1.50. The first-order valence-corrected chi connectivity index (χ1v) is 7.21. The van der Waals surface area contributed by atoms with Crippen molar-refractivity contribution >= 4 is 23.2 Å². The Morgan fingerprint density at radius 1 is 1.50 bits per heavy atom. The van der Waals surface area contributed by atoms with E-state index in [1.807, 2.05) is 31.2 Å². The monoisotopic (exact) mass is 299 g/mol. The van der Waals surface area contributed by atoms with Crippen molar-refractivity contribution < 1.29 is 9.59 Å². The van der Waals surface area contributed by atoms with Crippen LogP contribution in [0.15, 0.2) is 5.38 Å². The Morgan fingerprint density at radius 3 is 2.80 bits per heavy atom. The topological polar surface area (TPSA) is 100 Å². The van der Waals surface area contributed by atoms with Gasteiger partial charge in [-0.3, -0.25) is 19.9 Å². The number of nitrogens with one attached hydrogen (secondary N) is 2. The highest BCUT2D eigenvalue weighted by atomic mass is 32.1. The van der Waals surface area contributed by atoms with Gasteiger partial charge in [-0.2, -0.15) is 0 Å². The zero-order valence-corrected chi connectivity index (χ0v) is 12.8. The molecular formula is C12H21N5O2S. The lowest BCUT2D eigenvalue weighted by atomic mass is 10.2. The maximum atomic E-state index is 11.7. The van der Waals surface area contributed by atoms with E-state index in [1.165, 1.54) is 11.3 Å². The molecule has 1 aromatic heterocycles. The summed E-state index contributed by atoms with van der Waals surface area (Å²) in [5, 5.41) is 4.96. The normalized spacial score (nSPS) is 10.9. The van der Waals surface area contributed by atoms with Crippen LogP contribution in [0.4, 0.5) is 0 Å². The highest BCUT2D eigenvalue weighted by molar-refractivity contribution is 7.11. The van der Waals surface area contributed by atoms with Crippen LogP contribution in [-0.4, -0.2) is 41.8 Å². The van der Waals surface area contributed by atoms with Gasteiger partial charge in [-0.15, -0.1) is 11.3 Å².